The molecule has 0 radical (unpaired) electrons. The minimum absolute atomic E-state index is 0.318. The fraction of sp³-hybridized carbons (Fsp3) is 0.0526. The third kappa shape index (κ3) is 3.67. The van der Waals surface area contributed by atoms with Gasteiger partial charge in [-0.05, 0) is 46.3 Å². The molecule has 0 aliphatic heterocycles. The van der Waals surface area contributed by atoms with Crippen molar-refractivity contribution in [2.45, 2.75) is 6.54 Å². The molecule has 4 rings (SSSR count). The lowest BCUT2D eigenvalue weighted by molar-refractivity contribution is 0.628. The number of benzene rings is 2. The van der Waals surface area contributed by atoms with Crippen LogP contribution in [0.5, 0.6) is 0 Å². The Bertz CT molecular complexity index is 1130. The largest absolute Gasteiger partial charge is 0.349 e. The molecule has 9 heteroatoms. The Kier molecular flexibility index (Phi) is 5.18. The molecule has 0 amide bonds. The van der Waals surface area contributed by atoms with Crippen molar-refractivity contribution < 1.29 is 4.39 Å². The number of nitrogens with zero attached hydrogens (tertiary/aromatic N) is 5. The van der Waals surface area contributed by atoms with E-state index in [1.165, 1.54) is 16.8 Å². The predicted octanol–water partition coefficient (Wildman–Crippen LogP) is 4.78. The number of nitrogens with one attached hydrogen (secondary N) is 1. The van der Waals surface area contributed by atoms with Crippen LogP contribution in [0.3, 0.4) is 0 Å². The topological polar surface area (TPSA) is 68.5 Å². The van der Waals surface area contributed by atoms with Gasteiger partial charge in [0.2, 0.25) is 5.95 Å². The summed E-state index contributed by atoms with van der Waals surface area (Å²) in [4.78, 5) is 4.39. The molecule has 2 aromatic carbocycles. The van der Waals surface area contributed by atoms with Crippen LogP contribution in [0.1, 0.15) is 5.56 Å². The highest BCUT2D eigenvalue weighted by atomic mass is 35.5. The molecule has 140 valence electrons. The first-order valence-corrected chi connectivity index (χ1v) is 9.05. The summed E-state index contributed by atoms with van der Waals surface area (Å²) in [6.45, 7) is 0.373. The molecule has 0 atom stereocenters. The quantitative estimate of drug-likeness (QED) is 0.508. The summed E-state index contributed by atoms with van der Waals surface area (Å²) in [7, 11) is 0. The minimum Gasteiger partial charge on any atom is -0.349 e. The minimum atomic E-state index is -0.318. The summed E-state index contributed by atoms with van der Waals surface area (Å²) in [6.07, 6.45) is 1.67. The molecule has 0 fully saturated rings. The summed E-state index contributed by atoms with van der Waals surface area (Å²) in [5.41, 5.74) is 2.78. The van der Waals surface area contributed by atoms with Gasteiger partial charge in [0.05, 0.1) is 21.4 Å². The second kappa shape index (κ2) is 7.92. The lowest BCUT2D eigenvalue weighted by Crippen LogP contribution is -2.09. The van der Waals surface area contributed by atoms with Gasteiger partial charge in [0, 0.05) is 18.3 Å². The highest BCUT2D eigenvalue weighted by molar-refractivity contribution is 6.43. The first-order chi connectivity index (χ1) is 13.6. The molecule has 0 bridgehead atoms. The second-order valence-corrected chi connectivity index (χ2v) is 6.65. The van der Waals surface area contributed by atoms with Crippen molar-refractivity contribution in [1.82, 2.24) is 25.2 Å². The molecule has 28 heavy (non-hydrogen) atoms. The standard InChI is InChI=1S/C19H13Cl2FN6/c20-15-7-2-8-16(17(15)21)28-19(25-26-27-28)24-11-13-5-3-9-23-18(13)12-4-1-6-14(22)10-12/h1-10H,11H2,(H,24,25,27). The molecule has 2 aromatic heterocycles. The Morgan fingerprint density at radius 2 is 1.89 bits per heavy atom. The maximum Gasteiger partial charge on any atom is 0.248 e. The molecule has 6 nitrogen and oxygen atoms in total. The van der Waals surface area contributed by atoms with Crippen molar-refractivity contribution in [3.63, 3.8) is 0 Å². The van der Waals surface area contributed by atoms with Crippen LogP contribution in [0.15, 0.2) is 60.8 Å². The van der Waals surface area contributed by atoms with Gasteiger partial charge in [-0.3, -0.25) is 4.98 Å². The summed E-state index contributed by atoms with van der Waals surface area (Å²) in [6, 6.07) is 15.2. The van der Waals surface area contributed by atoms with Crippen LogP contribution in [-0.2, 0) is 6.54 Å². The monoisotopic (exact) mass is 414 g/mol. The van der Waals surface area contributed by atoms with Crippen molar-refractivity contribution in [2.75, 3.05) is 5.32 Å². The molecular weight excluding hydrogens is 402 g/mol. The molecule has 0 aliphatic rings. The van der Waals surface area contributed by atoms with Crippen molar-refractivity contribution in [2.24, 2.45) is 0 Å². The second-order valence-electron chi connectivity index (χ2n) is 5.86. The highest BCUT2D eigenvalue weighted by Crippen LogP contribution is 2.29. The van der Waals surface area contributed by atoms with Gasteiger partial charge in [0.15, 0.2) is 0 Å². The zero-order valence-corrected chi connectivity index (χ0v) is 15.9. The zero-order valence-electron chi connectivity index (χ0n) is 14.4. The average molecular weight is 415 g/mol. The number of hydrogen-bond acceptors (Lipinski definition) is 5. The summed E-state index contributed by atoms with van der Waals surface area (Å²) in [5, 5.41) is 15.6. The van der Waals surface area contributed by atoms with E-state index in [4.69, 9.17) is 23.2 Å². The molecule has 2 heterocycles. The number of hydrogen-bond donors (Lipinski definition) is 1. The number of rotatable bonds is 5. The van der Waals surface area contributed by atoms with E-state index >= 15 is 0 Å². The summed E-state index contributed by atoms with van der Waals surface area (Å²) < 4.78 is 15.1. The van der Waals surface area contributed by atoms with E-state index in [1.54, 1.807) is 30.5 Å². The van der Waals surface area contributed by atoms with E-state index in [9.17, 15) is 4.39 Å². The van der Waals surface area contributed by atoms with Gasteiger partial charge in [0.1, 0.15) is 5.82 Å². The molecule has 0 saturated heterocycles. The number of pyridine rings is 1. The highest BCUT2D eigenvalue weighted by Gasteiger charge is 2.14. The van der Waals surface area contributed by atoms with E-state index in [-0.39, 0.29) is 5.82 Å². The van der Waals surface area contributed by atoms with Gasteiger partial charge in [0.25, 0.3) is 0 Å². The van der Waals surface area contributed by atoms with Gasteiger partial charge in [-0.1, -0.05) is 52.6 Å². The maximum atomic E-state index is 13.6. The SMILES string of the molecule is Fc1cccc(-c2ncccc2CNc2nnnn2-c2cccc(Cl)c2Cl)c1. The summed E-state index contributed by atoms with van der Waals surface area (Å²) >= 11 is 12.4. The number of anilines is 1. The Morgan fingerprint density at radius 1 is 1.04 bits per heavy atom. The fourth-order valence-corrected chi connectivity index (χ4v) is 3.14. The van der Waals surface area contributed by atoms with Crippen molar-refractivity contribution in [3.8, 4) is 16.9 Å². The number of tetrazole rings is 1. The molecule has 0 aliphatic carbocycles. The predicted molar refractivity (Wildman–Crippen MR) is 106 cm³/mol. The van der Waals surface area contributed by atoms with Crippen LogP contribution >= 0.6 is 23.2 Å². The molecule has 4 aromatic rings. The van der Waals surface area contributed by atoms with Crippen molar-refractivity contribution in [1.29, 1.82) is 0 Å². The van der Waals surface area contributed by atoms with E-state index in [1.807, 2.05) is 18.2 Å². The van der Waals surface area contributed by atoms with Crippen molar-refractivity contribution in [3.05, 3.63) is 82.2 Å². The molecule has 0 saturated carbocycles. The van der Waals surface area contributed by atoms with Gasteiger partial charge in [-0.25, -0.2) is 4.39 Å². The zero-order chi connectivity index (χ0) is 19.5. The average Bonchev–Trinajstić information content (AvgIpc) is 3.17. The van der Waals surface area contributed by atoms with Crippen LogP contribution in [0.4, 0.5) is 10.3 Å². The van der Waals surface area contributed by atoms with Crippen molar-refractivity contribution >= 4 is 29.2 Å². The van der Waals surface area contributed by atoms with Crippen LogP contribution in [0, 0.1) is 5.82 Å². The van der Waals surface area contributed by atoms with Crippen LogP contribution in [0.25, 0.3) is 16.9 Å². The van der Waals surface area contributed by atoms with Gasteiger partial charge >= 0.3 is 0 Å². The summed E-state index contributed by atoms with van der Waals surface area (Å²) in [5.74, 6) is 0.0693. The normalized spacial score (nSPS) is 10.8. The van der Waals surface area contributed by atoms with Crippen LogP contribution in [0.2, 0.25) is 10.0 Å². The van der Waals surface area contributed by atoms with Gasteiger partial charge in [-0.15, -0.1) is 0 Å². The number of halogens is 3. The van der Waals surface area contributed by atoms with Gasteiger partial charge in [-0.2, -0.15) is 4.68 Å². The fourth-order valence-electron chi connectivity index (χ4n) is 2.77. The third-order valence-electron chi connectivity index (χ3n) is 4.06. The first kappa shape index (κ1) is 18.3. The Hall–Kier alpha value is -3.03. The third-order valence-corrected chi connectivity index (χ3v) is 4.86. The van der Waals surface area contributed by atoms with E-state index in [0.717, 1.165) is 5.56 Å². The van der Waals surface area contributed by atoms with Crippen LogP contribution in [-0.4, -0.2) is 25.2 Å². The maximum absolute atomic E-state index is 13.6. The Morgan fingerprint density at radius 3 is 2.75 bits per heavy atom. The van der Waals surface area contributed by atoms with E-state index in [2.05, 4.69) is 25.8 Å². The van der Waals surface area contributed by atoms with Crippen LogP contribution < -0.4 is 5.32 Å². The first-order valence-electron chi connectivity index (χ1n) is 8.30. The molecular formula is C19H13Cl2FN6. The van der Waals surface area contributed by atoms with E-state index in [0.29, 0.717) is 39.5 Å². The molecule has 1 N–H and O–H groups in total. The molecule has 0 spiro atoms. The molecule has 0 unspecified atom stereocenters. The number of aromatic nitrogens is 5. The Balaban J connectivity index is 1.62. The van der Waals surface area contributed by atoms with E-state index < -0.39 is 0 Å². The van der Waals surface area contributed by atoms with Gasteiger partial charge < -0.3 is 5.32 Å². The smallest absolute Gasteiger partial charge is 0.248 e. The lowest BCUT2D eigenvalue weighted by Gasteiger charge is -2.11. The Labute approximate surface area is 169 Å². The lowest BCUT2D eigenvalue weighted by atomic mass is 10.1.